The Morgan fingerprint density at radius 2 is 1.61 bits per heavy atom. The van der Waals surface area contributed by atoms with E-state index in [0.717, 1.165) is 11.9 Å². The fourth-order valence-corrected chi connectivity index (χ4v) is 4.22. The molecular weight excluding hydrogens is 480 g/mol. The minimum atomic E-state index is -0.919. The lowest BCUT2D eigenvalue weighted by Crippen LogP contribution is -2.45. The smallest absolute Gasteiger partial charge is 0.249 e. The Labute approximate surface area is 221 Å². The number of para-hydroxylation sites is 1. The highest BCUT2D eigenvalue weighted by Crippen LogP contribution is 2.30. The lowest BCUT2D eigenvalue weighted by Gasteiger charge is -2.32. The molecule has 1 atom stereocenters. The number of hydrogen-bond donors (Lipinski definition) is 2. The van der Waals surface area contributed by atoms with Crippen molar-refractivity contribution in [3.05, 3.63) is 84.4 Å². The Kier molecular flexibility index (Phi) is 8.47. The first-order valence-electron chi connectivity index (χ1n) is 12.6. The number of carbonyl (C=O) groups is 3. The maximum Gasteiger partial charge on any atom is 0.249 e. The van der Waals surface area contributed by atoms with Crippen LogP contribution in [0.15, 0.2) is 78.9 Å². The standard InChI is InChI=1S/C29H32N6O3/c1-20(2)17-18-30-29(38)28(22-9-5-4-6-10-22)35(24-15-13-23(14-16-24)31-21(3)36)27(37)19-34-26-12-8-7-11-25(26)32-33-34/h4-16,20,28H,17-19H2,1-3H3,(H,30,38)(H,31,36)/t28-/m0/s1. The van der Waals surface area contributed by atoms with Gasteiger partial charge in [-0.1, -0.05) is 61.5 Å². The van der Waals surface area contributed by atoms with Crippen LogP contribution in [0.3, 0.4) is 0 Å². The summed E-state index contributed by atoms with van der Waals surface area (Å²) in [6.07, 6.45) is 0.817. The number of amides is 3. The number of nitrogens with zero attached hydrogens (tertiary/aromatic N) is 4. The molecule has 1 heterocycles. The monoisotopic (exact) mass is 512 g/mol. The molecule has 0 saturated carbocycles. The first kappa shape index (κ1) is 26.5. The van der Waals surface area contributed by atoms with Gasteiger partial charge in [-0.25, -0.2) is 4.68 Å². The van der Waals surface area contributed by atoms with Crippen molar-refractivity contribution in [2.75, 3.05) is 16.8 Å². The minimum Gasteiger partial charge on any atom is -0.354 e. The van der Waals surface area contributed by atoms with E-state index in [1.54, 1.807) is 24.3 Å². The molecule has 0 unspecified atom stereocenters. The molecule has 2 N–H and O–H groups in total. The molecule has 0 fully saturated rings. The van der Waals surface area contributed by atoms with Crippen molar-refractivity contribution in [3.8, 4) is 0 Å². The predicted molar refractivity (Wildman–Crippen MR) is 147 cm³/mol. The number of fused-ring (bicyclic) bond motifs is 1. The fourth-order valence-electron chi connectivity index (χ4n) is 4.22. The number of carbonyl (C=O) groups excluding carboxylic acids is 3. The molecule has 0 aliphatic heterocycles. The van der Waals surface area contributed by atoms with E-state index in [4.69, 9.17) is 0 Å². The first-order chi connectivity index (χ1) is 18.3. The third-order valence-corrected chi connectivity index (χ3v) is 6.08. The first-order valence-corrected chi connectivity index (χ1v) is 12.6. The molecule has 4 aromatic rings. The molecule has 3 aromatic carbocycles. The normalized spacial score (nSPS) is 11.8. The molecule has 0 radical (unpaired) electrons. The van der Waals surface area contributed by atoms with Crippen LogP contribution in [0.25, 0.3) is 11.0 Å². The van der Waals surface area contributed by atoms with Crippen LogP contribution in [-0.2, 0) is 20.9 Å². The zero-order chi connectivity index (χ0) is 27.1. The molecule has 4 rings (SSSR count). The van der Waals surface area contributed by atoms with E-state index in [9.17, 15) is 14.4 Å². The minimum absolute atomic E-state index is 0.115. The Morgan fingerprint density at radius 3 is 2.29 bits per heavy atom. The summed E-state index contributed by atoms with van der Waals surface area (Å²) in [5.41, 5.74) is 3.18. The Bertz CT molecular complexity index is 1400. The lowest BCUT2D eigenvalue weighted by atomic mass is 10.0. The highest BCUT2D eigenvalue weighted by atomic mass is 16.2. The van der Waals surface area contributed by atoms with Crippen LogP contribution in [0.5, 0.6) is 0 Å². The van der Waals surface area contributed by atoms with Crippen LogP contribution >= 0.6 is 0 Å². The summed E-state index contributed by atoms with van der Waals surface area (Å²) in [5.74, 6) is -0.388. The fraction of sp³-hybridized carbons (Fsp3) is 0.276. The second-order valence-electron chi connectivity index (χ2n) is 9.51. The average Bonchev–Trinajstić information content (AvgIpc) is 3.30. The number of hydrogen-bond acceptors (Lipinski definition) is 5. The SMILES string of the molecule is CC(=O)Nc1ccc(N(C(=O)Cn2nnc3ccccc32)[C@H](C(=O)NCCC(C)C)c2ccccc2)cc1. The van der Waals surface area contributed by atoms with Crippen molar-refractivity contribution < 1.29 is 14.4 Å². The van der Waals surface area contributed by atoms with Gasteiger partial charge in [-0.2, -0.15) is 0 Å². The zero-order valence-electron chi connectivity index (χ0n) is 21.8. The van der Waals surface area contributed by atoms with Gasteiger partial charge in [0.15, 0.2) is 0 Å². The van der Waals surface area contributed by atoms with E-state index < -0.39 is 6.04 Å². The van der Waals surface area contributed by atoms with E-state index in [1.807, 2.05) is 54.6 Å². The number of aromatic nitrogens is 3. The summed E-state index contributed by atoms with van der Waals surface area (Å²) in [7, 11) is 0. The van der Waals surface area contributed by atoms with E-state index in [-0.39, 0.29) is 24.3 Å². The van der Waals surface area contributed by atoms with Gasteiger partial charge in [0.25, 0.3) is 0 Å². The van der Waals surface area contributed by atoms with E-state index >= 15 is 0 Å². The van der Waals surface area contributed by atoms with Crippen LogP contribution < -0.4 is 15.5 Å². The molecule has 3 amide bonds. The summed E-state index contributed by atoms with van der Waals surface area (Å²) in [5, 5.41) is 14.1. The van der Waals surface area contributed by atoms with Gasteiger partial charge < -0.3 is 10.6 Å². The lowest BCUT2D eigenvalue weighted by molar-refractivity contribution is -0.127. The van der Waals surface area contributed by atoms with Gasteiger partial charge in [0.05, 0.1) is 5.52 Å². The topological polar surface area (TPSA) is 109 Å². The van der Waals surface area contributed by atoms with Crippen molar-refractivity contribution in [1.29, 1.82) is 0 Å². The van der Waals surface area contributed by atoms with Crippen LogP contribution in [-0.4, -0.2) is 39.3 Å². The molecule has 38 heavy (non-hydrogen) atoms. The summed E-state index contributed by atoms with van der Waals surface area (Å²) in [6.45, 7) is 6.00. The zero-order valence-corrected chi connectivity index (χ0v) is 21.8. The van der Waals surface area contributed by atoms with Gasteiger partial charge in [0.2, 0.25) is 17.7 Å². The molecule has 0 spiro atoms. The molecule has 9 nitrogen and oxygen atoms in total. The molecule has 0 bridgehead atoms. The highest BCUT2D eigenvalue weighted by Gasteiger charge is 2.33. The van der Waals surface area contributed by atoms with Crippen LogP contribution in [0.1, 0.15) is 38.8 Å². The van der Waals surface area contributed by atoms with Crippen LogP contribution in [0.4, 0.5) is 11.4 Å². The Balaban J connectivity index is 1.74. The van der Waals surface area contributed by atoms with Gasteiger partial charge in [-0.3, -0.25) is 19.3 Å². The van der Waals surface area contributed by atoms with Gasteiger partial charge in [0, 0.05) is 24.8 Å². The number of rotatable bonds is 10. The molecule has 0 aliphatic carbocycles. The van der Waals surface area contributed by atoms with Crippen molar-refractivity contribution >= 4 is 40.1 Å². The van der Waals surface area contributed by atoms with E-state index in [0.29, 0.717) is 34.9 Å². The second kappa shape index (κ2) is 12.1. The van der Waals surface area contributed by atoms with Crippen molar-refractivity contribution in [2.45, 2.75) is 39.8 Å². The maximum absolute atomic E-state index is 14.0. The van der Waals surface area contributed by atoms with E-state index in [1.165, 1.54) is 16.5 Å². The van der Waals surface area contributed by atoms with Crippen molar-refractivity contribution in [1.82, 2.24) is 20.3 Å². The van der Waals surface area contributed by atoms with Gasteiger partial charge in [-0.15, -0.1) is 5.10 Å². The molecule has 1 aromatic heterocycles. The molecule has 0 aliphatic rings. The number of anilines is 2. The molecular formula is C29H32N6O3. The Hall–Kier alpha value is -4.53. The largest absolute Gasteiger partial charge is 0.354 e. The molecule has 9 heteroatoms. The quantitative estimate of drug-likeness (QED) is 0.329. The van der Waals surface area contributed by atoms with Gasteiger partial charge in [-0.05, 0) is 54.3 Å². The van der Waals surface area contributed by atoms with Gasteiger partial charge >= 0.3 is 0 Å². The average molecular weight is 513 g/mol. The maximum atomic E-state index is 14.0. The van der Waals surface area contributed by atoms with Crippen LogP contribution in [0, 0.1) is 5.92 Å². The molecule has 196 valence electrons. The third kappa shape index (κ3) is 6.42. The highest BCUT2D eigenvalue weighted by molar-refractivity contribution is 6.02. The summed E-state index contributed by atoms with van der Waals surface area (Å²) < 4.78 is 1.54. The number of nitrogens with one attached hydrogen (secondary N) is 2. The summed E-state index contributed by atoms with van der Waals surface area (Å²) in [6, 6.07) is 22.6. The van der Waals surface area contributed by atoms with Crippen molar-refractivity contribution in [2.24, 2.45) is 5.92 Å². The van der Waals surface area contributed by atoms with Gasteiger partial charge in [0.1, 0.15) is 18.1 Å². The number of benzene rings is 3. The Morgan fingerprint density at radius 1 is 0.921 bits per heavy atom. The van der Waals surface area contributed by atoms with Crippen molar-refractivity contribution in [3.63, 3.8) is 0 Å². The summed E-state index contributed by atoms with van der Waals surface area (Å²) in [4.78, 5) is 40.7. The third-order valence-electron chi connectivity index (χ3n) is 6.08. The second-order valence-corrected chi connectivity index (χ2v) is 9.51. The van der Waals surface area contributed by atoms with E-state index in [2.05, 4.69) is 34.8 Å². The molecule has 0 saturated heterocycles. The summed E-state index contributed by atoms with van der Waals surface area (Å²) >= 11 is 0. The predicted octanol–water partition coefficient (Wildman–Crippen LogP) is 4.33. The van der Waals surface area contributed by atoms with Crippen LogP contribution in [0.2, 0.25) is 0 Å².